The summed E-state index contributed by atoms with van der Waals surface area (Å²) in [7, 11) is -3.75. The maximum Gasteiger partial charge on any atom is 0.243 e. The van der Waals surface area contributed by atoms with Gasteiger partial charge in [0.1, 0.15) is 11.6 Å². The lowest BCUT2D eigenvalue weighted by Crippen LogP contribution is -2.40. The number of halogens is 1. The third-order valence-corrected chi connectivity index (χ3v) is 9.10. The fraction of sp³-hybridized carbons (Fsp3) is 0.480. The van der Waals surface area contributed by atoms with Crippen LogP contribution in [-0.2, 0) is 19.6 Å². The van der Waals surface area contributed by atoms with Crippen LogP contribution in [0.1, 0.15) is 32.1 Å². The summed E-state index contributed by atoms with van der Waals surface area (Å²) in [6, 6.07) is 9.96. The number of nitrogens with one attached hydrogen (secondary N) is 1. The summed E-state index contributed by atoms with van der Waals surface area (Å²) in [6.45, 7) is 1.25. The molecule has 3 fully saturated rings. The Hall–Kier alpha value is -2.49. The van der Waals surface area contributed by atoms with Crippen LogP contribution in [0.25, 0.3) is 0 Å². The quantitative estimate of drug-likeness (QED) is 0.624. The molecule has 1 aliphatic heterocycles. The van der Waals surface area contributed by atoms with Gasteiger partial charge in [0.2, 0.25) is 15.9 Å². The van der Waals surface area contributed by atoms with Crippen molar-refractivity contribution in [3.05, 3.63) is 48.3 Å². The van der Waals surface area contributed by atoms with Gasteiger partial charge in [-0.05, 0) is 79.5 Å². The Labute approximate surface area is 199 Å². The summed E-state index contributed by atoms with van der Waals surface area (Å²) in [6.07, 6.45) is 5.17. The molecule has 0 aromatic heterocycles. The zero-order valence-corrected chi connectivity index (χ0v) is 19.7. The SMILES string of the molecule is O=C(CC1CC2CCC1C2)Nc1cc(S(=O)(=O)N2CCOCC2)ccc1Oc1ccc(F)cc1. The Morgan fingerprint density at radius 3 is 2.53 bits per heavy atom. The van der Waals surface area contributed by atoms with Crippen LogP contribution in [0, 0.1) is 23.6 Å². The average molecular weight is 489 g/mol. The summed E-state index contributed by atoms with van der Waals surface area (Å²) >= 11 is 0. The number of morpholine rings is 1. The minimum atomic E-state index is -3.75. The standard InChI is InChI=1S/C25H29FN2O5S/c26-20-3-5-21(6-4-20)33-24-8-7-22(34(30,31)28-9-11-32-12-10-28)16-23(24)27-25(29)15-19-14-17-1-2-18(19)13-17/h3-8,16-19H,1-2,9-15H2,(H,27,29). The molecule has 1 N–H and O–H groups in total. The van der Waals surface area contributed by atoms with E-state index in [1.165, 1.54) is 66.0 Å². The van der Waals surface area contributed by atoms with Gasteiger partial charge in [0, 0.05) is 19.5 Å². The van der Waals surface area contributed by atoms with E-state index in [1.807, 2.05) is 0 Å². The lowest BCUT2D eigenvalue weighted by atomic mass is 9.86. The number of rotatable bonds is 7. The van der Waals surface area contributed by atoms with Gasteiger partial charge in [0.15, 0.2) is 5.75 Å². The maximum absolute atomic E-state index is 13.3. The Kier molecular flexibility index (Phi) is 6.59. The molecule has 2 bridgehead atoms. The summed E-state index contributed by atoms with van der Waals surface area (Å²) < 4.78 is 52.2. The molecule has 1 amide bonds. The Bertz CT molecular complexity index is 1150. The van der Waals surface area contributed by atoms with Crippen LogP contribution in [-0.4, -0.2) is 44.9 Å². The van der Waals surface area contributed by atoms with Gasteiger partial charge in [-0.3, -0.25) is 4.79 Å². The highest BCUT2D eigenvalue weighted by atomic mass is 32.2. The second-order valence-corrected chi connectivity index (χ2v) is 11.4. The highest BCUT2D eigenvalue weighted by molar-refractivity contribution is 7.89. The molecule has 1 saturated heterocycles. The van der Waals surface area contributed by atoms with Crippen molar-refractivity contribution in [1.29, 1.82) is 0 Å². The number of fused-ring (bicyclic) bond motifs is 2. The zero-order valence-electron chi connectivity index (χ0n) is 18.9. The highest BCUT2D eigenvalue weighted by Gasteiger charge is 2.40. The van der Waals surface area contributed by atoms with Crippen LogP contribution in [0.4, 0.5) is 10.1 Å². The summed E-state index contributed by atoms with van der Waals surface area (Å²) in [5.41, 5.74) is 0.284. The number of amides is 1. The van der Waals surface area contributed by atoms with E-state index in [-0.39, 0.29) is 29.6 Å². The van der Waals surface area contributed by atoms with Gasteiger partial charge in [-0.25, -0.2) is 12.8 Å². The van der Waals surface area contributed by atoms with Crippen LogP contribution in [0.3, 0.4) is 0 Å². The summed E-state index contributed by atoms with van der Waals surface area (Å²) in [5.74, 6) is 1.87. The highest BCUT2D eigenvalue weighted by Crippen LogP contribution is 2.49. The molecule has 9 heteroatoms. The Morgan fingerprint density at radius 1 is 1.09 bits per heavy atom. The smallest absolute Gasteiger partial charge is 0.243 e. The third kappa shape index (κ3) is 4.96. The molecule has 2 aliphatic carbocycles. The molecule has 7 nitrogen and oxygen atoms in total. The first kappa shape index (κ1) is 23.3. The lowest BCUT2D eigenvalue weighted by Gasteiger charge is -2.26. The van der Waals surface area contributed by atoms with E-state index in [4.69, 9.17) is 9.47 Å². The monoisotopic (exact) mass is 488 g/mol. The van der Waals surface area contributed by atoms with E-state index in [9.17, 15) is 17.6 Å². The number of hydrogen-bond acceptors (Lipinski definition) is 5. The number of ether oxygens (including phenoxy) is 2. The van der Waals surface area contributed by atoms with Crippen LogP contribution >= 0.6 is 0 Å². The number of nitrogens with zero attached hydrogens (tertiary/aromatic N) is 1. The maximum atomic E-state index is 13.3. The lowest BCUT2D eigenvalue weighted by molar-refractivity contribution is -0.117. The van der Waals surface area contributed by atoms with Crippen molar-refractivity contribution in [3.63, 3.8) is 0 Å². The van der Waals surface area contributed by atoms with Gasteiger partial charge in [0.05, 0.1) is 23.8 Å². The van der Waals surface area contributed by atoms with Crippen molar-refractivity contribution >= 4 is 21.6 Å². The molecule has 3 aliphatic rings. The van der Waals surface area contributed by atoms with Gasteiger partial charge in [-0.15, -0.1) is 0 Å². The zero-order chi connectivity index (χ0) is 23.7. The molecule has 2 aromatic rings. The van der Waals surface area contributed by atoms with Crippen molar-refractivity contribution in [2.45, 2.75) is 37.0 Å². The molecule has 1 heterocycles. The third-order valence-electron chi connectivity index (χ3n) is 7.21. The van der Waals surface area contributed by atoms with E-state index >= 15 is 0 Å². The molecule has 3 atom stereocenters. The van der Waals surface area contributed by atoms with E-state index in [0.29, 0.717) is 43.0 Å². The van der Waals surface area contributed by atoms with Crippen molar-refractivity contribution in [2.24, 2.45) is 17.8 Å². The molecule has 5 rings (SSSR count). The molecule has 0 spiro atoms. The van der Waals surface area contributed by atoms with E-state index in [1.54, 1.807) is 0 Å². The molecular weight excluding hydrogens is 459 g/mol. The first-order valence-electron chi connectivity index (χ1n) is 11.8. The van der Waals surface area contributed by atoms with E-state index in [0.717, 1.165) is 12.3 Å². The molecule has 2 saturated carbocycles. The van der Waals surface area contributed by atoms with Crippen LogP contribution in [0.5, 0.6) is 11.5 Å². The van der Waals surface area contributed by atoms with Gasteiger partial charge in [0.25, 0.3) is 0 Å². The number of carbonyl (C=O) groups excluding carboxylic acids is 1. The largest absolute Gasteiger partial charge is 0.455 e. The summed E-state index contributed by atoms with van der Waals surface area (Å²) in [4.78, 5) is 13.0. The van der Waals surface area contributed by atoms with Crippen LogP contribution < -0.4 is 10.1 Å². The van der Waals surface area contributed by atoms with Crippen LogP contribution in [0.15, 0.2) is 47.4 Å². The normalized spacial score (nSPS) is 24.8. The van der Waals surface area contributed by atoms with Gasteiger partial charge < -0.3 is 14.8 Å². The first-order valence-corrected chi connectivity index (χ1v) is 13.3. The first-order chi connectivity index (χ1) is 16.4. The molecular formula is C25H29FN2O5S. The molecule has 0 radical (unpaired) electrons. The van der Waals surface area contributed by atoms with Crippen molar-refractivity contribution in [3.8, 4) is 11.5 Å². The predicted octanol–water partition coefficient (Wildman–Crippen LogP) is 4.40. The average Bonchev–Trinajstić information content (AvgIpc) is 3.45. The molecule has 2 aromatic carbocycles. The minimum absolute atomic E-state index is 0.0797. The molecule has 3 unspecified atom stereocenters. The van der Waals surface area contributed by atoms with Gasteiger partial charge >= 0.3 is 0 Å². The number of benzene rings is 2. The summed E-state index contributed by atoms with van der Waals surface area (Å²) in [5, 5.41) is 2.90. The Morgan fingerprint density at radius 2 is 1.85 bits per heavy atom. The second kappa shape index (κ2) is 9.64. The van der Waals surface area contributed by atoms with Crippen molar-refractivity contribution in [2.75, 3.05) is 31.6 Å². The number of sulfonamides is 1. The van der Waals surface area contributed by atoms with Crippen molar-refractivity contribution < 1.29 is 27.1 Å². The number of hydrogen-bond donors (Lipinski definition) is 1. The number of carbonyl (C=O) groups is 1. The molecule has 34 heavy (non-hydrogen) atoms. The van der Waals surface area contributed by atoms with E-state index < -0.39 is 15.8 Å². The fourth-order valence-electron chi connectivity index (χ4n) is 5.49. The molecule has 182 valence electrons. The van der Waals surface area contributed by atoms with Gasteiger partial charge in [-0.2, -0.15) is 4.31 Å². The Balaban J connectivity index is 1.39. The van der Waals surface area contributed by atoms with Crippen molar-refractivity contribution in [1.82, 2.24) is 4.31 Å². The second-order valence-electron chi connectivity index (χ2n) is 9.42. The topological polar surface area (TPSA) is 84.9 Å². The minimum Gasteiger partial charge on any atom is -0.455 e. The van der Waals surface area contributed by atoms with Crippen LogP contribution in [0.2, 0.25) is 0 Å². The van der Waals surface area contributed by atoms with E-state index in [2.05, 4.69) is 5.32 Å². The fourth-order valence-corrected chi connectivity index (χ4v) is 6.92. The predicted molar refractivity (Wildman–Crippen MR) is 125 cm³/mol. The number of anilines is 1. The van der Waals surface area contributed by atoms with Gasteiger partial charge in [-0.1, -0.05) is 6.42 Å².